The van der Waals surface area contributed by atoms with Gasteiger partial charge in [-0.05, 0) is 31.2 Å². The maximum atomic E-state index is 13.4. The molecule has 0 saturated heterocycles. The molecule has 0 atom stereocenters. The highest BCUT2D eigenvalue weighted by Crippen LogP contribution is 2.35. The van der Waals surface area contributed by atoms with Gasteiger partial charge >= 0.3 is 6.18 Å². The third kappa shape index (κ3) is 6.84. The number of alkyl halides is 5. The van der Waals surface area contributed by atoms with Crippen molar-refractivity contribution in [3.05, 3.63) is 63.4 Å². The van der Waals surface area contributed by atoms with Crippen LogP contribution >= 0.6 is 11.6 Å². The lowest BCUT2D eigenvalue weighted by molar-refractivity contribution is -0.142. The van der Waals surface area contributed by atoms with Gasteiger partial charge in [0.15, 0.2) is 5.69 Å². The molecule has 33 heavy (non-hydrogen) atoms. The zero-order valence-corrected chi connectivity index (χ0v) is 17.3. The molecular formula is C19H13ClF5N5O3. The lowest BCUT2D eigenvalue weighted by Crippen LogP contribution is -2.26. The Balaban J connectivity index is 2.55. The number of aromatic nitrogens is 2. The summed E-state index contributed by atoms with van der Waals surface area (Å²) >= 11 is 5.74. The molecule has 0 aliphatic rings. The highest BCUT2D eigenvalue weighted by Gasteiger charge is 2.38. The zero-order valence-electron chi connectivity index (χ0n) is 16.5. The highest BCUT2D eigenvalue weighted by atomic mass is 35.5. The van der Waals surface area contributed by atoms with Gasteiger partial charge < -0.3 is 4.74 Å². The molecule has 0 aliphatic carbocycles. The first-order valence-corrected chi connectivity index (χ1v) is 9.11. The summed E-state index contributed by atoms with van der Waals surface area (Å²) < 4.78 is 72.2. The predicted molar refractivity (Wildman–Crippen MR) is 106 cm³/mol. The maximum Gasteiger partial charge on any atom is 0.437 e. The van der Waals surface area contributed by atoms with Crippen molar-refractivity contribution in [2.75, 3.05) is 0 Å². The fraction of sp³-hybridized carbons (Fsp3) is 0.211. The fourth-order valence-corrected chi connectivity index (χ4v) is 2.74. The van der Waals surface area contributed by atoms with Crippen molar-refractivity contribution in [1.82, 2.24) is 15.0 Å². The molecule has 174 valence electrons. The number of carbonyl (C=O) groups is 1. The molecule has 0 unspecified atom stereocenters. The normalized spacial score (nSPS) is 12.5. The monoisotopic (exact) mass is 489 g/mol. The smallest absolute Gasteiger partial charge is 0.437 e. The molecule has 0 saturated carbocycles. The number of nitrogens with zero attached hydrogens (tertiary/aromatic N) is 4. The van der Waals surface area contributed by atoms with Crippen molar-refractivity contribution in [2.45, 2.75) is 26.1 Å². The van der Waals surface area contributed by atoms with E-state index in [0.717, 1.165) is 16.7 Å². The Morgan fingerprint density at radius 2 is 2.09 bits per heavy atom. The Morgan fingerprint density at radius 1 is 1.39 bits per heavy atom. The second-order valence-electron chi connectivity index (χ2n) is 6.33. The Bertz CT molecular complexity index is 1200. The average molecular weight is 490 g/mol. The number of hydrogen-bond donors (Lipinski definition) is 1. The first kappa shape index (κ1) is 25.5. The summed E-state index contributed by atoms with van der Waals surface area (Å²) in [6.07, 6.45) is -6.04. The van der Waals surface area contributed by atoms with E-state index in [0.29, 0.717) is 18.0 Å². The van der Waals surface area contributed by atoms with E-state index in [1.807, 2.05) is 5.43 Å². The Hall–Kier alpha value is -3.79. The van der Waals surface area contributed by atoms with Crippen LogP contribution in [0, 0.1) is 11.3 Å². The summed E-state index contributed by atoms with van der Waals surface area (Å²) in [5.41, 5.74) is -1.67. The van der Waals surface area contributed by atoms with Crippen LogP contribution in [0.25, 0.3) is 0 Å². The number of rotatable bonds is 8. The zero-order chi connectivity index (χ0) is 24.8. The van der Waals surface area contributed by atoms with E-state index >= 15 is 0 Å². The SMILES string of the molecule is C/C(=C\C(Cl)=N/NC=O)Cn1cnc(C(F)(F)F)c(Oc2cc(C#N)cc(C(F)F)c2)c1=O. The van der Waals surface area contributed by atoms with Crippen LogP contribution in [0.15, 0.2) is 46.1 Å². The number of allylic oxidation sites excluding steroid dienone is 2. The minimum absolute atomic E-state index is 0.183. The van der Waals surface area contributed by atoms with E-state index in [9.17, 15) is 31.5 Å². The van der Waals surface area contributed by atoms with Crippen LogP contribution in [0.1, 0.15) is 30.2 Å². The van der Waals surface area contributed by atoms with Crippen LogP contribution in [-0.2, 0) is 17.5 Å². The summed E-state index contributed by atoms with van der Waals surface area (Å²) in [7, 11) is 0. The van der Waals surface area contributed by atoms with Crippen LogP contribution < -0.4 is 15.7 Å². The number of hydrazone groups is 1. The third-order valence-corrected chi connectivity index (χ3v) is 4.00. The van der Waals surface area contributed by atoms with E-state index in [1.54, 1.807) is 6.07 Å². The molecule has 1 N–H and O–H groups in total. The van der Waals surface area contributed by atoms with E-state index < -0.39 is 40.9 Å². The van der Waals surface area contributed by atoms with E-state index in [1.165, 1.54) is 13.0 Å². The van der Waals surface area contributed by atoms with Crippen molar-refractivity contribution in [3.63, 3.8) is 0 Å². The number of halogens is 6. The summed E-state index contributed by atoms with van der Waals surface area (Å²) in [6.45, 7) is 1.17. The van der Waals surface area contributed by atoms with E-state index in [4.69, 9.17) is 21.6 Å². The van der Waals surface area contributed by atoms with E-state index in [-0.39, 0.29) is 23.7 Å². The minimum atomic E-state index is -5.10. The first-order valence-electron chi connectivity index (χ1n) is 8.73. The van der Waals surface area contributed by atoms with Crippen LogP contribution in [0.2, 0.25) is 0 Å². The summed E-state index contributed by atoms with van der Waals surface area (Å²) in [5, 5.41) is 12.2. The predicted octanol–water partition coefficient (Wildman–Crippen LogP) is 4.11. The first-order chi connectivity index (χ1) is 15.5. The third-order valence-electron chi connectivity index (χ3n) is 3.80. The Kier molecular flexibility index (Phi) is 8.25. The summed E-state index contributed by atoms with van der Waals surface area (Å²) in [5.74, 6) is -1.84. The molecule has 0 spiro atoms. The molecule has 2 rings (SSSR count). The van der Waals surface area contributed by atoms with Gasteiger partial charge in [0.05, 0.1) is 18.0 Å². The van der Waals surface area contributed by atoms with Crippen LogP contribution in [0.4, 0.5) is 22.0 Å². The van der Waals surface area contributed by atoms with Crippen LogP contribution in [0.3, 0.4) is 0 Å². The Labute approximate surface area is 187 Å². The molecule has 1 heterocycles. The lowest BCUT2D eigenvalue weighted by atomic mass is 10.1. The molecule has 0 bridgehead atoms. The minimum Gasteiger partial charge on any atom is -0.449 e. The summed E-state index contributed by atoms with van der Waals surface area (Å²) in [6, 6.07) is 4.04. The van der Waals surface area contributed by atoms with Gasteiger partial charge in [0.2, 0.25) is 12.2 Å². The molecular weight excluding hydrogens is 477 g/mol. The fourth-order valence-electron chi connectivity index (χ4n) is 2.50. The standard InChI is InChI=1S/C19H13ClF5N5O3/c1-10(2-14(20)29-28-9-31)7-30-8-27-16(19(23,24)25)15(18(30)32)33-13-4-11(6-26)3-12(5-13)17(21)22/h2-5,8-9,17H,7H2,1H3,(H,28,31)/b10-2+,29-14+. The largest absolute Gasteiger partial charge is 0.449 e. The van der Waals surface area contributed by atoms with Crippen molar-refractivity contribution in [3.8, 4) is 17.6 Å². The number of nitrogens with one attached hydrogen (secondary N) is 1. The van der Waals surface area contributed by atoms with Gasteiger partial charge in [0, 0.05) is 12.1 Å². The van der Waals surface area contributed by atoms with Gasteiger partial charge in [-0.1, -0.05) is 17.2 Å². The average Bonchev–Trinajstić information content (AvgIpc) is 2.73. The molecule has 1 amide bonds. The number of ether oxygens (including phenoxy) is 1. The number of benzene rings is 1. The van der Waals surface area contributed by atoms with Crippen LogP contribution in [0.5, 0.6) is 11.5 Å². The Morgan fingerprint density at radius 3 is 2.67 bits per heavy atom. The van der Waals surface area contributed by atoms with Crippen LogP contribution in [-0.4, -0.2) is 21.1 Å². The van der Waals surface area contributed by atoms with Crippen molar-refractivity contribution in [1.29, 1.82) is 5.26 Å². The van der Waals surface area contributed by atoms with Crippen molar-refractivity contribution in [2.24, 2.45) is 5.10 Å². The second-order valence-corrected chi connectivity index (χ2v) is 6.72. The molecule has 14 heteroatoms. The van der Waals surface area contributed by atoms with Crippen molar-refractivity contribution < 1.29 is 31.5 Å². The number of hydrogen-bond acceptors (Lipinski definition) is 6. The molecule has 8 nitrogen and oxygen atoms in total. The molecule has 2 aromatic rings. The van der Waals surface area contributed by atoms with Crippen molar-refractivity contribution >= 4 is 23.2 Å². The summed E-state index contributed by atoms with van der Waals surface area (Å²) in [4.78, 5) is 26.2. The lowest BCUT2D eigenvalue weighted by Gasteiger charge is -2.15. The van der Waals surface area contributed by atoms with Gasteiger partial charge in [-0.2, -0.15) is 23.5 Å². The molecule has 1 aromatic heterocycles. The number of amides is 1. The van der Waals surface area contributed by atoms with Gasteiger partial charge in [-0.25, -0.2) is 19.2 Å². The molecule has 0 fully saturated rings. The maximum absolute atomic E-state index is 13.4. The van der Waals surface area contributed by atoms with Gasteiger partial charge in [0.1, 0.15) is 10.9 Å². The second kappa shape index (κ2) is 10.7. The number of nitriles is 1. The van der Waals surface area contributed by atoms with E-state index in [2.05, 4.69) is 10.1 Å². The number of carbonyl (C=O) groups excluding carboxylic acids is 1. The quantitative estimate of drug-likeness (QED) is 0.260. The molecule has 0 aliphatic heterocycles. The van der Waals surface area contributed by atoms with Gasteiger partial charge in [-0.15, -0.1) is 0 Å². The molecule has 0 radical (unpaired) electrons. The van der Waals surface area contributed by atoms with Gasteiger partial charge in [0.25, 0.3) is 12.0 Å². The topological polar surface area (TPSA) is 109 Å². The van der Waals surface area contributed by atoms with Gasteiger partial charge in [-0.3, -0.25) is 14.2 Å². The molecule has 1 aromatic carbocycles. The highest BCUT2D eigenvalue weighted by molar-refractivity contribution is 6.68.